The average Bonchev–Trinajstić information content (AvgIpc) is 2.78. The van der Waals surface area contributed by atoms with Gasteiger partial charge in [0.25, 0.3) is 5.91 Å². The number of aromatic nitrogens is 2. The number of benzene rings is 1. The lowest BCUT2D eigenvalue weighted by Gasteiger charge is -2.09. The summed E-state index contributed by atoms with van der Waals surface area (Å²) >= 11 is 5.91. The van der Waals surface area contributed by atoms with E-state index in [0.717, 1.165) is 17.7 Å². The Bertz CT molecular complexity index is 579. The monoisotopic (exact) mass is 264 g/mol. The molecule has 6 heteroatoms. The van der Waals surface area contributed by atoms with Gasteiger partial charge in [-0.25, -0.2) is 4.98 Å². The zero-order chi connectivity index (χ0) is 13.1. The molecule has 1 aromatic heterocycles. The molecule has 1 amide bonds. The van der Waals surface area contributed by atoms with Crippen molar-refractivity contribution < 1.29 is 4.79 Å². The number of hydrogen-bond donors (Lipinski definition) is 3. The Balaban J connectivity index is 2.21. The van der Waals surface area contributed by atoms with Crippen LogP contribution in [-0.2, 0) is 6.42 Å². The summed E-state index contributed by atoms with van der Waals surface area (Å²) in [4.78, 5) is 18.4. The maximum absolute atomic E-state index is 11.9. The van der Waals surface area contributed by atoms with E-state index in [1.807, 2.05) is 13.0 Å². The van der Waals surface area contributed by atoms with Crippen LogP contribution in [0.25, 0.3) is 0 Å². The number of carbonyl (C=O) groups is 1. The topological polar surface area (TPSA) is 83.8 Å². The number of anilines is 2. The van der Waals surface area contributed by atoms with Crippen LogP contribution in [0.2, 0.25) is 5.02 Å². The second kappa shape index (κ2) is 5.10. The van der Waals surface area contributed by atoms with E-state index in [9.17, 15) is 4.79 Å². The number of nitrogens with zero attached hydrogens (tertiary/aromatic N) is 1. The number of halogens is 1. The summed E-state index contributed by atoms with van der Waals surface area (Å²) in [7, 11) is 0. The standard InChI is InChI=1S/C12H13ClN4O/c1-2-7-5-8(13)3-4-9(7)16-11(18)10-6-15-12(14)17-10/h3-6H,2H2,1H3,(H,16,18)(H3,14,15,17). The zero-order valence-corrected chi connectivity index (χ0v) is 10.6. The second-order valence-corrected chi connectivity index (χ2v) is 4.23. The van der Waals surface area contributed by atoms with Crippen LogP contribution in [0.4, 0.5) is 11.6 Å². The highest BCUT2D eigenvalue weighted by atomic mass is 35.5. The highest BCUT2D eigenvalue weighted by Gasteiger charge is 2.11. The molecule has 5 nitrogen and oxygen atoms in total. The number of nitrogens with one attached hydrogen (secondary N) is 2. The van der Waals surface area contributed by atoms with Gasteiger partial charge in [0.1, 0.15) is 5.69 Å². The second-order valence-electron chi connectivity index (χ2n) is 3.79. The molecule has 0 aliphatic heterocycles. The van der Waals surface area contributed by atoms with Crippen molar-refractivity contribution in [3.8, 4) is 0 Å². The van der Waals surface area contributed by atoms with Crippen LogP contribution in [0.3, 0.4) is 0 Å². The molecular weight excluding hydrogens is 252 g/mol. The van der Waals surface area contributed by atoms with E-state index in [1.165, 1.54) is 6.20 Å². The Kier molecular flexibility index (Phi) is 3.53. The third kappa shape index (κ3) is 2.62. The third-order valence-electron chi connectivity index (χ3n) is 2.54. The molecule has 4 N–H and O–H groups in total. The van der Waals surface area contributed by atoms with Gasteiger partial charge < -0.3 is 16.0 Å². The number of aromatic amines is 1. The summed E-state index contributed by atoms with van der Waals surface area (Å²) in [6, 6.07) is 5.34. The first kappa shape index (κ1) is 12.4. The maximum atomic E-state index is 11.9. The maximum Gasteiger partial charge on any atom is 0.273 e. The van der Waals surface area contributed by atoms with Crippen LogP contribution < -0.4 is 11.1 Å². The Morgan fingerprint density at radius 3 is 2.94 bits per heavy atom. The molecule has 0 radical (unpaired) electrons. The number of nitrogen functional groups attached to an aromatic ring is 1. The van der Waals surface area contributed by atoms with E-state index < -0.39 is 0 Å². The predicted octanol–water partition coefficient (Wildman–Crippen LogP) is 2.46. The van der Waals surface area contributed by atoms with E-state index in [1.54, 1.807) is 12.1 Å². The van der Waals surface area contributed by atoms with E-state index in [0.29, 0.717) is 10.7 Å². The van der Waals surface area contributed by atoms with Crippen molar-refractivity contribution in [3.05, 3.63) is 40.7 Å². The molecule has 2 rings (SSSR count). The van der Waals surface area contributed by atoms with Crippen LogP contribution in [0.1, 0.15) is 23.0 Å². The number of amides is 1. The molecule has 0 unspecified atom stereocenters. The van der Waals surface area contributed by atoms with Crippen molar-refractivity contribution in [2.45, 2.75) is 13.3 Å². The van der Waals surface area contributed by atoms with Crippen LogP contribution in [0, 0.1) is 0 Å². The lowest BCUT2D eigenvalue weighted by molar-refractivity contribution is 0.102. The first-order valence-electron chi connectivity index (χ1n) is 5.50. The van der Waals surface area contributed by atoms with Crippen LogP contribution in [-0.4, -0.2) is 15.9 Å². The SMILES string of the molecule is CCc1cc(Cl)ccc1NC(=O)c1cnc(N)[nH]1. The van der Waals surface area contributed by atoms with Crippen molar-refractivity contribution in [1.82, 2.24) is 9.97 Å². The summed E-state index contributed by atoms with van der Waals surface area (Å²) in [5.41, 5.74) is 7.46. The van der Waals surface area contributed by atoms with Gasteiger partial charge in [0.2, 0.25) is 0 Å². The van der Waals surface area contributed by atoms with Crippen LogP contribution >= 0.6 is 11.6 Å². The smallest absolute Gasteiger partial charge is 0.273 e. The molecule has 0 saturated heterocycles. The Morgan fingerprint density at radius 1 is 1.56 bits per heavy atom. The first-order valence-corrected chi connectivity index (χ1v) is 5.88. The number of nitrogens with two attached hydrogens (primary N) is 1. The number of imidazole rings is 1. The van der Waals surface area contributed by atoms with E-state index >= 15 is 0 Å². The summed E-state index contributed by atoms with van der Waals surface area (Å²) in [5, 5.41) is 3.44. The molecule has 1 heterocycles. The highest BCUT2D eigenvalue weighted by Crippen LogP contribution is 2.21. The molecule has 0 aliphatic rings. The molecule has 0 spiro atoms. The van der Waals surface area contributed by atoms with Gasteiger partial charge in [-0.15, -0.1) is 0 Å². The molecular formula is C12H13ClN4O. The van der Waals surface area contributed by atoms with Crippen molar-refractivity contribution >= 4 is 29.1 Å². The molecule has 94 valence electrons. The largest absolute Gasteiger partial charge is 0.369 e. The van der Waals surface area contributed by atoms with Crippen molar-refractivity contribution in [1.29, 1.82) is 0 Å². The highest BCUT2D eigenvalue weighted by molar-refractivity contribution is 6.30. The summed E-state index contributed by atoms with van der Waals surface area (Å²) in [6.45, 7) is 2.00. The van der Waals surface area contributed by atoms with Crippen LogP contribution in [0.5, 0.6) is 0 Å². The first-order chi connectivity index (χ1) is 8.60. The van der Waals surface area contributed by atoms with Crippen molar-refractivity contribution in [2.75, 3.05) is 11.1 Å². The predicted molar refractivity (Wildman–Crippen MR) is 71.8 cm³/mol. The molecule has 2 aromatic rings. The van der Waals surface area contributed by atoms with E-state index in [-0.39, 0.29) is 11.9 Å². The van der Waals surface area contributed by atoms with Gasteiger partial charge in [0.05, 0.1) is 6.20 Å². The fraction of sp³-hybridized carbons (Fsp3) is 0.167. The lowest BCUT2D eigenvalue weighted by Crippen LogP contribution is -2.13. The molecule has 1 aromatic carbocycles. The van der Waals surface area contributed by atoms with Crippen LogP contribution in [0.15, 0.2) is 24.4 Å². The van der Waals surface area contributed by atoms with Gasteiger partial charge in [0, 0.05) is 10.7 Å². The minimum Gasteiger partial charge on any atom is -0.369 e. The summed E-state index contributed by atoms with van der Waals surface area (Å²) in [5.74, 6) is -0.0665. The Morgan fingerprint density at radius 2 is 2.33 bits per heavy atom. The summed E-state index contributed by atoms with van der Waals surface area (Å²) < 4.78 is 0. The number of H-pyrrole nitrogens is 1. The number of carbonyl (C=O) groups excluding carboxylic acids is 1. The Hall–Kier alpha value is -2.01. The molecule has 0 saturated carbocycles. The molecule has 0 aliphatic carbocycles. The fourth-order valence-electron chi connectivity index (χ4n) is 1.62. The van der Waals surface area contributed by atoms with Gasteiger partial charge in [-0.1, -0.05) is 18.5 Å². The fourth-order valence-corrected chi connectivity index (χ4v) is 1.81. The average molecular weight is 265 g/mol. The van der Waals surface area contributed by atoms with Gasteiger partial charge in [-0.3, -0.25) is 4.79 Å². The minimum absolute atomic E-state index is 0.215. The molecule has 0 bridgehead atoms. The van der Waals surface area contributed by atoms with Gasteiger partial charge >= 0.3 is 0 Å². The van der Waals surface area contributed by atoms with Gasteiger partial charge in [-0.2, -0.15) is 0 Å². The number of hydrogen-bond acceptors (Lipinski definition) is 3. The molecule has 0 atom stereocenters. The lowest BCUT2D eigenvalue weighted by atomic mass is 10.1. The van der Waals surface area contributed by atoms with Gasteiger partial charge in [-0.05, 0) is 30.2 Å². The molecule has 0 fully saturated rings. The minimum atomic E-state index is -0.281. The van der Waals surface area contributed by atoms with E-state index in [2.05, 4.69) is 15.3 Å². The number of rotatable bonds is 3. The third-order valence-corrected chi connectivity index (χ3v) is 2.77. The zero-order valence-electron chi connectivity index (χ0n) is 9.83. The van der Waals surface area contributed by atoms with Gasteiger partial charge in [0.15, 0.2) is 5.95 Å². The van der Waals surface area contributed by atoms with Crippen molar-refractivity contribution in [3.63, 3.8) is 0 Å². The van der Waals surface area contributed by atoms with E-state index in [4.69, 9.17) is 17.3 Å². The quantitative estimate of drug-likeness (QED) is 0.796. The van der Waals surface area contributed by atoms with Crippen molar-refractivity contribution in [2.24, 2.45) is 0 Å². The summed E-state index contributed by atoms with van der Waals surface area (Å²) in [6.07, 6.45) is 2.17. The molecule has 18 heavy (non-hydrogen) atoms. The number of aryl methyl sites for hydroxylation is 1. The normalized spacial score (nSPS) is 10.3. The Labute approximate surface area is 109 Å².